The van der Waals surface area contributed by atoms with E-state index in [4.69, 9.17) is 0 Å². The molecule has 0 aliphatic heterocycles. The zero-order chi connectivity index (χ0) is 11.2. The maximum absolute atomic E-state index is 3.73. The fourth-order valence-electron chi connectivity index (χ4n) is 1.54. The Morgan fingerprint density at radius 3 is 2.00 bits per heavy atom. The summed E-state index contributed by atoms with van der Waals surface area (Å²) in [7, 11) is 0. The lowest BCUT2D eigenvalue weighted by atomic mass is 10.1. The van der Waals surface area contributed by atoms with Crippen molar-refractivity contribution in [3.05, 3.63) is 37.0 Å². The van der Waals surface area contributed by atoms with Crippen molar-refractivity contribution in [3.8, 4) is 0 Å². The van der Waals surface area contributed by atoms with E-state index in [1.165, 1.54) is 51.4 Å². The summed E-state index contributed by atoms with van der Waals surface area (Å²) in [5.74, 6) is 0. The van der Waals surface area contributed by atoms with Gasteiger partial charge in [0.1, 0.15) is 0 Å². The van der Waals surface area contributed by atoms with Crippen LogP contribution in [0.3, 0.4) is 0 Å². The molecule has 0 heterocycles. The van der Waals surface area contributed by atoms with E-state index < -0.39 is 0 Å². The summed E-state index contributed by atoms with van der Waals surface area (Å²) in [6, 6.07) is 0. The lowest BCUT2D eigenvalue weighted by Gasteiger charge is -1.98. The molecule has 0 rings (SSSR count). The van der Waals surface area contributed by atoms with E-state index in [9.17, 15) is 0 Å². The van der Waals surface area contributed by atoms with Crippen molar-refractivity contribution < 1.29 is 0 Å². The topological polar surface area (TPSA) is 0 Å². The summed E-state index contributed by atoms with van der Waals surface area (Å²) < 4.78 is 0. The second-order valence-electron chi connectivity index (χ2n) is 3.94. The molecular weight excluding hydrogens is 180 g/mol. The molecule has 0 bridgehead atoms. The number of unbranched alkanes of at least 4 members (excludes halogenated alkanes) is 7. The predicted octanol–water partition coefficient (Wildman–Crippen LogP) is 5.43. The highest BCUT2D eigenvalue weighted by Gasteiger charge is 1.89. The summed E-state index contributed by atoms with van der Waals surface area (Å²) in [4.78, 5) is 0. The van der Waals surface area contributed by atoms with Crippen LogP contribution in [0.2, 0.25) is 0 Å². The average molecular weight is 206 g/mol. The van der Waals surface area contributed by atoms with Gasteiger partial charge in [-0.3, -0.25) is 0 Å². The molecule has 0 aromatic heterocycles. The van der Waals surface area contributed by atoms with Crippen LogP contribution in [0, 0.1) is 0 Å². The second-order valence-corrected chi connectivity index (χ2v) is 3.94. The monoisotopic (exact) mass is 206 g/mol. The highest BCUT2D eigenvalue weighted by Crippen LogP contribution is 2.08. The minimum atomic E-state index is 1.19. The first kappa shape index (κ1) is 14.2. The lowest BCUT2D eigenvalue weighted by Crippen LogP contribution is -1.79. The molecule has 0 heteroatoms. The average Bonchev–Trinajstić information content (AvgIpc) is 2.26. The van der Waals surface area contributed by atoms with Crippen molar-refractivity contribution >= 4 is 0 Å². The molecule has 0 aromatic rings. The van der Waals surface area contributed by atoms with Crippen LogP contribution in [-0.2, 0) is 0 Å². The van der Waals surface area contributed by atoms with Gasteiger partial charge < -0.3 is 0 Å². The van der Waals surface area contributed by atoms with Gasteiger partial charge in [-0.25, -0.2) is 0 Å². The first-order valence-corrected chi connectivity index (χ1v) is 6.30. The normalized spacial score (nSPS) is 11.5. The van der Waals surface area contributed by atoms with Crippen LogP contribution in [0.1, 0.15) is 58.3 Å². The van der Waals surface area contributed by atoms with Crippen LogP contribution in [0.5, 0.6) is 0 Å². The van der Waals surface area contributed by atoms with Crippen LogP contribution >= 0.6 is 0 Å². The number of rotatable bonds is 10. The number of hydrogen-bond donors (Lipinski definition) is 0. The van der Waals surface area contributed by atoms with E-state index in [2.05, 4.69) is 30.9 Å². The molecule has 86 valence electrons. The third-order valence-corrected chi connectivity index (χ3v) is 2.47. The molecule has 0 fully saturated rings. The Kier molecular flexibility index (Phi) is 12.5. The highest BCUT2D eigenvalue weighted by atomic mass is 13.9. The zero-order valence-corrected chi connectivity index (χ0v) is 10.3. The molecule has 0 nitrogen and oxygen atoms in total. The molecule has 0 aliphatic carbocycles. The van der Waals surface area contributed by atoms with E-state index >= 15 is 0 Å². The Morgan fingerprint density at radius 1 is 0.800 bits per heavy atom. The van der Waals surface area contributed by atoms with Crippen LogP contribution in [-0.4, -0.2) is 0 Å². The number of hydrogen-bond acceptors (Lipinski definition) is 0. The Bertz CT molecular complexity index is 174. The van der Waals surface area contributed by atoms with E-state index in [0.29, 0.717) is 0 Å². The van der Waals surface area contributed by atoms with E-state index in [1.807, 2.05) is 13.0 Å². The molecule has 0 aliphatic rings. The summed E-state index contributed by atoms with van der Waals surface area (Å²) in [6.45, 7) is 5.78. The number of allylic oxidation sites excluding steroid dienone is 5. The van der Waals surface area contributed by atoms with E-state index in [1.54, 1.807) is 0 Å². The quantitative estimate of drug-likeness (QED) is 0.254. The third kappa shape index (κ3) is 13.2. The smallest absolute Gasteiger partial charge is 0.0348 e. The Hall–Kier alpha value is -0.780. The van der Waals surface area contributed by atoms with Gasteiger partial charge in [0.15, 0.2) is 0 Å². The maximum atomic E-state index is 3.73. The molecule has 0 saturated heterocycles. The van der Waals surface area contributed by atoms with Crippen molar-refractivity contribution in [3.63, 3.8) is 0 Å². The standard InChI is InChI=1S/C15H26/c1-3-5-7-9-11-13-15-14-12-10-8-6-4-2/h3-4,6,8,10H,1,5,7,9,11-15H2,2H3. The molecular formula is C15H26. The van der Waals surface area contributed by atoms with E-state index in [0.717, 1.165) is 0 Å². The van der Waals surface area contributed by atoms with Gasteiger partial charge in [-0.05, 0) is 32.6 Å². The first-order valence-electron chi connectivity index (χ1n) is 6.30. The van der Waals surface area contributed by atoms with Crippen molar-refractivity contribution in [1.29, 1.82) is 0 Å². The van der Waals surface area contributed by atoms with Crippen LogP contribution in [0.4, 0.5) is 0 Å². The molecule has 15 heavy (non-hydrogen) atoms. The van der Waals surface area contributed by atoms with Gasteiger partial charge in [0, 0.05) is 0 Å². The molecule has 0 atom stereocenters. The second kappa shape index (κ2) is 13.2. The van der Waals surface area contributed by atoms with Gasteiger partial charge in [-0.2, -0.15) is 0 Å². The van der Waals surface area contributed by atoms with Crippen LogP contribution in [0.25, 0.3) is 0 Å². The largest absolute Gasteiger partial charge is 0.103 e. The highest BCUT2D eigenvalue weighted by molar-refractivity contribution is 5.00. The fourth-order valence-corrected chi connectivity index (χ4v) is 1.54. The summed E-state index contributed by atoms with van der Waals surface area (Å²) in [5.41, 5.74) is 0. The molecule has 0 N–H and O–H groups in total. The van der Waals surface area contributed by atoms with Gasteiger partial charge in [0.25, 0.3) is 0 Å². The van der Waals surface area contributed by atoms with Crippen molar-refractivity contribution in [2.45, 2.75) is 58.3 Å². The maximum Gasteiger partial charge on any atom is -0.0348 e. The lowest BCUT2D eigenvalue weighted by molar-refractivity contribution is 0.600. The Labute approximate surface area is 95.8 Å². The van der Waals surface area contributed by atoms with Gasteiger partial charge >= 0.3 is 0 Å². The zero-order valence-electron chi connectivity index (χ0n) is 10.3. The van der Waals surface area contributed by atoms with E-state index in [-0.39, 0.29) is 0 Å². The predicted molar refractivity (Wildman–Crippen MR) is 71.1 cm³/mol. The minimum Gasteiger partial charge on any atom is -0.103 e. The van der Waals surface area contributed by atoms with Crippen molar-refractivity contribution in [1.82, 2.24) is 0 Å². The van der Waals surface area contributed by atoms with Crippen molar-refractivity contribution in [2.24, 2.45) is 0 Å². The van der Waals surface area contributed by atoms with Gasteiger partial charge in [0.05, 0.1) is 0 Å². The first-order chi connectivity index (χ1) is 7.41. The SMILES string of the molecule is C=CCCCCCCCCC=CC=CC. The summed E-state index contributed by atoms with van der Waals surface area (Å²) in [5, 5.41) is 0. The third-order valence-electron chi connectivity index (χ3n) is 2.47. The summed E-state index contributed by atoms with van der Waals surface area (Å²) >= 11 is 0. The van der Waals surface area contributed by atoms with Crippen molar-refractivity contribution in [2.75, 3.05) is 0 Å². The van der Waals surface area contributed by atoms with Crippen LogP contribution < -0.4 is 0 Å². The molecule has 0 saturated carbocycles. The molecule has 0 amide bonds. The molecule has 0 aromatic carbocycles. The molecule has 0 unspecified atom stereocenters. The summed E-state index contributed by atoms with van der Waals surface area (Å²) in [6.07, 6.45) is 21.2. The van der Waals surface area contributed by atoms with Gasteiger partial charge in [-0.1, -0.05) is 56.1 Å². The minimum absolute atomic E-state index is 1.19. The molecule has 0 spiro atoms. The van der Waals surface area contributed by atoms with Gasteiger partial charge in [0.2, 0.25) is 0 Å². The molecule has 0 radical (unpaired) electrons. The Balaban J connectivity index is 3.01. The fraction of sp³-hybridized carbons (Fsp3) is 0.600. The Morgan fingerprint density at radius 2 is 1.40 bits per heavy atom. The van der Waals surface area contributed by atoms with Gasteiger partial charge in [-0.15, -0.1) is 6.58 Å². The van der Waals surface area contributed by atoms with Crippen LogP contribution in [0.15, 0.2) is 37.0 Å².